The second kappa shape index (κ2) is 8.09. The van der Waals surface area contributed by atoms with Crippen molar-refractivity contribution in [2.24, 2.45) is 0 Å². The van der Waals surface area contributed by atoms with Crippen LogP contribution in [0, 0.1) is 0 Å². The molecule has 0 saturated heterocycles. The fourth-order valence-electron chi connectivity index (χ4n) is 1.95. The lowest BCUT2D eigenvalue weighted by atomic mass is 10.2. The molecule has 7 heteroatoms. The first kappa shape index (κ1) is 16.7. The van der Waals surface area contributed by atoms with E-state index < -0.39 is 5.97 Å². The van der Waals surface area contributed by atoms with E-state index >= 15 is 0 Å². The minimum absolute atomic E-state index is 0.397. The van der Waals surface area contributed by atoms with Crippen molar-refractivity contribution in [2.75, 3.05) is 44.9 Å². The Balaban J connectivity index is 2.10. The number of aromatic nitrogens is 2. The van der Waals surface area contributed by atoms with Gasteiger partial charge in [0.05, 0.1) is 18.4 Å². The van der Waals surface area contributed by atoms with Gasteiger partial charge >= 0.3 is 5.97 Å². The number of likely N-dealkylation sites (N-methyl/N-ethyl adjacent to an activating group) is 1. The second-order valence-corrected chi connectivity index (χ2v) is 5.18. The molecule has 0 aliphatic rings. The summed E-state index contributed by atoms with van der Waals surface area (Å²) in [5.41, 5.74) is 1.09. The van der Waals surface area contributed by atoms with E-state index in [-0.39, 0.29) is 0 Å². The average molecular weight is 315 g/mol. The molecule has 122 valence electrons. The van der Waals surface area contributed by atoms with E-state index in [9.17, 15) is 4.79 Å². The first-order chi connectivity index (χ1) is 11.1. The van der Waals surface area contributed by atoms with E-state index in [2.05, 4.69) is 25.5 Å². The van der Waals surface area contributed by atoms with Gasteiger partial charge in [-0.3, -0.25) is 0 Å². The van der Waals surface area contributed by atoms with Gasteiger partial charge in [0.15, 0.2) is 0 Å². The van der Waals surface area contributed by atoms with E-state index in [0.717, 1.165) is 18.9 Å². The number of benzene rings is 1. The Morgan fingerprint density at radius 3 is 2.70 bits per heavy atom. The molecule has 0 aliphatic carbocycles. The van der Waals surface area contributed by atoms with Crippen LogP contribution in [0.15, 0.2) is 36.7 Å². The molecule has 0 bridgehead atoms. The number of ether oxygens (including phenoxy) is 1. The maximum atomic E-state index is 11.8. The minimum atomic E-state index is -0.397. The minimum Gasteiger partial charge on any atom is -0.465 e. The molecule has 0 unspecified atom stereocenters. The highest BCUT2D eigenvalue weighted by Crippen LogP contribution is 2.21. The topological polar surface area (TPSA) is 79.4 Å². The van der Waals surface area contributed by atoms with Crippen molar-refractivity contribution in [1.29, 1.82) is 0 Å². The summed E-state index contributed by atoms with van der Waals surface area (Å²) < 4.78 is 4.79. The molecule has 2 rings (SSSR count). The molecule has 0 aliphatic heterocycles. The maximum absolute atomic E-state index is 11.8. The number of hydrogen-bond donors (Lipinski definition) is 2. The van der Waals surface area contributed by atoms with Crippen LogP contribution in [0.5, 0.6) is 0 Å². The van der Waals surface area contributed by atoms with Crippen LogP contribution in [0.25, 0.3) is 0 Å². The maximum Gasteiger partial charge on any atom is 0.339 e. The van der Waals surface area contributed by atoms with Gasteiger partial charge in [-0.25, -0.2) is 14.8 Å². The van der Waals surface area contributed by atoms with Gasteiger partial charge in [-0.1, -0.05) is 12.1 Å². The van der Waals surface area contributed by atoms with E-state index in [1.54, 1.807) is 24.3 Å². The van der Waals surface area contributed by atoms with Gasteiger partial charge in [0.1, 0.15) is 18.0 Å². The molecular formula is C16H21N5O2. The Bertz CT molecular complexity index is 660. The third kappa shape index (κ3) is 4.93. The SMILES string of the molecule is COC(=O)c1ccccc1Nc1cc(NCCN(C)C)ncn1. The lowest BCUT2D eigenvalue weighted by Gasteiger charge is -2.12. The fourth-order valence-corrected chi connectivity index (χ4v) is 1.95. The quantitative estimate of drug-likeness (QED) is 0.756. The lowest BCUT2D eigenvalue weighted by molar-refractivity contribution is 0.0602. The third-order valence-electron chi connectivity index (χ3n) is 3.13. The number of esters is 1. The van der Waals surface area contributed by atoms with Crippen LogP contribution in [0.1, 0.15) is 10.4 Å². The highest BCUT2D eigenvalue weighted by Gasteiger charge is 2.11. The Morgan fingerprint density at radius 1 is 1.22 bits per heavy atom. The highest BCUT2D eigenvalue weighted by atomic mass is 16.5. The predicted molar refractivity (Wildman–Crippen MR) is 90.1 cm³/mol. The van der Waals surface area contributed by atoms with Crippen LogP contribution >= 0.6 is 0 Å². The molecular weight excluding hydrogens is 294 g/mol. The Kier molecular flexibility index (Phi) is 5.87. The lowest BCUT2D eigenvalue weighted by Crippen LogP contribution is -2.21. The van der Waals surface area contributed by atoms with E-state index in [0.29, 0.717) is 17.1 Å². The zero-order chi connectivity index (χ0) is 16.7. The largest absolute Gasteiger partial charge is 0.465 e. The molecule has 1 heterocycles. The Morgan fingerprint density at radius 2 is 1.96 bits per heavy atom. The van der Waals surface area contributed by atoms with Crippen molar-refractivity contribution in [3.8, 4) is 0 Å². The number of para-hydroxylation sites is 1. The molecule has 0 saturated carbocycles. The number of nitrogens with zero attached hydrogens (tertiary/aromatic N) is 3. The smallest absolute Gasteiger partial charge is 0.339 e. The van der Waals surface area contributed by atoms with Crippen molar-refractivity contribution in [3.63, 3.8) is 0 Å². The molecule has 2 N–H and O–H groups in total. The number of rotatable bonds is 7. The summed E-state index contributed by atoms with van der Waals surface area (Å²) in [4.78, 5) is 22.2. The molecule has 1 aromatic carbocycles. The number of nitrogens with one attached hydrogen (secondary N) is 2. The number of carbonyl (C=O) groups excluding carboxylic acids is 1. The van der Waals surface area contributed by atoms with E-state index in [1.807, 2.05) is 20.2 Å². The van der Waals surface area contributed by atoms with Crippen molar-refractivity contribution in [1.82, 2.24) is 14.9 Å². The van der Waals surface area contributed by atoms with Crippen molar-refractivity contribution in [3.05, 3.63) is 42.2 Å². The summed E-state index contributed by atoms with van der Waals surface area (Å²) in [6.45, 7) is 1.68. The van der Waals surface area contributed by atoms with E-state index in [4.69, 9.17) is 4.74 Å². The summed E-state index contributed by atoms with van der Waals surface area (Å²) in [5.74, 6) is 0.926. The Hall–Kier alpha value is -2.67. The third-order valence-corrected chi connectivity index (χ3v) is 3.13. The molecule has 0 radical (unpaired) electrons. The summed E-state index contributed by atoms with van der Waals surface area (Å²) in [5, 5.41) is 6.35. The number of anilines is 3. The zero-order valence-corrected chi connectivity index (χ0v) is 13.5. The molecule has 1 aromatic heterocycles. The molecule has 7 nitrogen and oxygen atoms in total. The summed E-state index contributed by atoms with van der Waals surface area (Å²) in [6, 6.07) is 8.92. The first-order valence-corrected chi connectivity index (χ1v) is 7.25. The standard InChI is InChI=1S/C16H21N5O2/c1-21(2)9-8-17-14-10-15(19-11-18-14)20-13-7-5-4-6-12(13)16(22)23-3/h4-7,10-11H,8-9H2,1-3H3,(H2,17,18,19,20). The molecule has 0 amide bonds. The van der Waals surface area contributed by atoms with Crippen LogP contribution in [0.4, 0.5) is 17.3 Å². The van der Waals surface area contributed by atoms with Gasteiger partial charge in [-0.15, -0.1) is 0 Å². The van der Waals surface area contributed by atoms with Crippen LogP contribution in [0.2, 0.25) is 0 Å². The van der Waals surface area contributed by atoms with Crippen molar-refractivity contribution >= 4 is 23.3 Å². The summed E-state index contributed by atoms with van der Waals surface area (Å²) >= 11 is 0. The van der Waals surface area contributed by atoms with Crippen LogP contribution in [0.3, 0.4) is 0 Å². The molecule has 0 spiro atoms. The van der Waals surface area contributed by atoms with Crippen LogP contribution in [-0.4, -0.2) is 55.1 Å². The van der Waals surface area contributed by atoms with Crippen molar-refractivity contribution in [2.45, 2.75) is 0 Å². The number of hydrogen-bond acceptors (Lipinski definition) is 7. The van der Waals surface area contributed by atoms with Gasteiger partial charge in [-0.05, 0) is 26.2 Å². The van der Waals surface area contributed by atoms with Gasteiger partial charge in [-0.2, -0.15) is 0 Å². The summed E-state index contributed by atoms with van der Waals surface area (Å²) in [6.07, 6.45) is 1.47. The number of methoxy groups -OCH3 is 1. The molecule has 0 fully saturated rings. The van der Waals surface area contributed by atoms with Gasteiger partial charge in [0.2, 0.25) is 0 Å². The van der Waals surface area contributed by atoms with Gasteiger partial charge in [0, 0.05) is 19.2 Å². The second-order valence-electron chi connectivity index (χ2n) is 5.18. The first-order valence-electron chi connectivity index (χ1n) is 7.25. The molecule has 2 aromatic rings. The average Bonchev–Trinajstić information content (AvgIpc) is 2.55. The van der Waals surface area contributed by atoms with Gasteiger partial charge in [0.25, 0.3) is 0 Å². The van der Waals surface area contributed by atoms with E-state index in [1.165, 1.54) is 13.4 Å². The fraction of sp³-hybridized carbons (Fsp3) is 0.312. The normalized spacial score (nSPS) is 10.4. The summed E-state index contributed by atoms with van der Waals surface area (Å²) in [7, 11) is 5.38. The van der Waals surface area contributed by atoms with Crippen LogP contribution < -0.4 is 10.6 Å². The van der Waals surface area contributed by atoms with Crippen molar-refractivity contribution < 1.29 is 9.53 Å². The van der Waals surface area contributed by atoms with Crippen LogP contribution in [-0.2, 0) is 4.74 Å². The highest BCUT2D eigenvalue weighted by molar-refractivity contribution is 5.96. The van der Waals surface area contributed by atoms with Gasteiger partial charge < -0.3 is 20.3 Å². The Labute approximate surface area is 135 Å². The molecule has 0 atom stereocenters. The monoisotopic (exact) mass is 315 g/mol. The molecule has 23 heavy (non-hydrogen) atoms. The number of carbonyl (C=O) groups is 1. The predicted octanol–water partition coefficient (Wildman–Crippen LogP) is 1.98. The zero-order valence-electron chi connectivity index (χ0n) is 13.5.